The van der Waals surface area contributed by atoms with E-state index in [4.69, 9.17) is 0 Å². The lowest BCUT2D eigenvalue weighted by atomic mass is 10.0. The Labute approximate surface area is 112 Å². The molecule has 0 spiro atoms. The van der Waals surface area contributed by atoms with E-state index in [0.717, 1.165) is 17.8 Å². The van der Waals surface area contributed by atoms with Crippen molar-refractivity contribution in [3.8, 4) is 11.4 Å². The highest BCUT2D eigenvalue weighted by Gasteiger charge is 2.02. The summed E-state index contributed by atoms with van der Waals surface area (Å²) in [7, 11) is 0. The minimum absolute atomic E-state index is 0.914. The molecule has 0 radical (unpaired) electrons. The van der Waals surface area contributed by atoms with Gasteiger partial charge in [0.2, 0.25) is 0 Å². The molecule has 2 heteroatoms. The Hall–Kier alpha value is -2.48. The standard InChI is InChI=1S/C17H14N2/c1-2-6-14(7-3-1)12-15-9-11-19-17(13-15)16-8-4-5-10-18-16/h1-11,13H,12H2. The van der Waals surface area contributed by atoms with Gasteiger partial charge in [-0.2, -0.15) is 0 Å². The van der Waals surface area contributed by atoms with Gasteiger partial charge in [-0.15, -0.1) is 0 Å². The molecule has 0 unspecified atom stereocenters. The molecular formula is C17H14N2. The zero-order valence-electron chi connectivity index (χ0n) is 10.5. The minimum Gasteiger partial charge on any atom is -0.255 e. The first-order chi connectivity index (χ1) is 9.42. The van der Waals surface area contributed by atoms with Crippen LogP contribution in [0.1, 0.15) is 11.1 Å². The highest BCUT2D eigenvalue weighted by molar-refractivity contribution is 5.54. The van der Waals surface area contributed by atoms with E-state index in [1.54, 1.807) is 6.20 Å². The maximum atomic E-state index is 4.39. The van der Waals surface area contributed by atoms with Crippen molar-refractivity contribution in [3.63, 3.8) is 0 Å². The van der Waals surface area contributed by atoms with E-state index < -0.39 is 0 Å². The number of nitrogens with zero attached hydrogens (tertiary/aromatic N) is 2. The Kier molecular flexibility index (Phi) is 3.32. The molecule has 19 heavy (non-hydrogen) atoms. The van der Waals surface area contributed by atoms with E-state index in [0.29, 0.717) is 0 Å². The van der Waals surface area contributed by atoms with Gasteiger partial charge >= 0.3 is 0 Å². The third-order valence-corrected chi connectivity index (χ3v) is 3.00. The smallest absolute Gasteiger partial charge is 0.0888 e. The molecule has 0 atom stereocenters. The molecule has 0 aliphatic rings. The van der Waals surface area contributed by atoms with Crippen molar-refractivity contribution in [2.24, 2.45) is 0 Å². The normalized spacial score (nSPS) is 10.3. The number of hydrogen-bond donors (Lipinski definition) is 0. The quantitative estimate of drug-likeness (QED) is 0.703. The molecule has 0 aliphatic carbocycles. The SMILES string of the molecule is c1ccc(Cc2ccnc(-c3ccccn3)c2)cc1. The first-order valence-electron chi connectivity index (χ1n) is 6.32. The predicted molar refractivity (Wildman–Crippen MR) is 76.7 cm³/mol. The molecular weight excluding hydrogens is 232 g/mol. The Balaban J connectivity index is 1.89. The van der Waals surface area contributed by atoms with Gasteiger partial charge < -0.3 is 0 Å². The van der Waals surface area contributed by atoms with E-state index in [1.165, 1.54) is 11.1 Å². The molecule has 0 N–H and O–H groups in total. The van der Waals surface area contributed by atoms with Crippen molar-refractivity contribution in [2.75, 3.05) is 0 Å². The first kappa shape index (κ1) is 11.6. The van der Waals surface area contributed by atoms with Crippen LogP contribution in [0.25, 0.3) is 11.4 Å². The van der Waals surface area contributed by atoms with Gasteiger partial charge in [0.15, 0.2) is 0 Å². The van der Waals surface area contributed by atoms with Gasteiger partial charge in [-0.3, -0.25) is 9.97 Å². The summed E-state index contributed by atoms with van der Waals surface area (Å²) in [6.07, 6.45) is 4.56. The van der Waals surface area contributed by atoms with Gasteiger partial charge in [0.25, 0.3) is 0 Å². The maximum absolute atomic E-state index is 4.39. The molecule has 0 saturated heterocycles. The van der Waals surface area contributed by atoms with Crippen LogP contribution in [-0.2, 0) is 6.42 Å². The van der Waals surface area contributed by atoms with Crippen molar-refractivity contribution >= 4 is 0 Å². The lowest BCUT2D eigenvalue weighted by Gasteiger charge is -2.04. The Morgan fingerprint density at radius 2 is 1.42 bits per heavy atom. The van der Waals surface area contributed by atoms with E-state index >= 15 is 0 Å². The number of benzene rings is 1. The minimum atomic E-state index is 0.914. The topological polar surface area (TPSA) is 25.8 Å². The third kappa shape index (κ3) is 2.86. The first-order valence-corrected chi connectivity index (χ1v) is 6.32. The molecule has 0 bridgehead atoms. The van der Waals surface area contributed by atoms with Gasteiger partial charge in [-0.05, 0) is 41.8 Å². The molecule has 0 amide bonds. The number of pyridine rings is 2. The van der Waals surface area contributed by atoms with Crippen molar-refractivity contribution in [3.05, 3.63) is 84.2 Å². The molecule has 0 fully saturated rings. The monoisotopic (exact) mass is 246 g/mol. The van der Waals surface area contributed by atoms with Crippen molar-refractivity contribution < 1.29 is 0 Å². The van der Waals surface area contributed by atoms with Crippen LogP contribution >= 0.6 is 0 Å². The largest absolute Gasteiger partial charge is 0.255 e. The molecule has 1 aromatic carbocycles. The molecule has 92 valence electrons. The van der Waals surface area contributed by atoms with Crippen LogP contribution in [0, 0.1) is 0 Å². The van der Waals surface area contributed by atoms with Crippen LogP contribution in [0.3, 0.4) is 0 Å². The summed E-state index contributed by atoms with van der Waals surface area (Å²) in [6.45, 7) is 0. The van der Waals surface area contributed by atoms with Crippen molar-refractivity contribution in [1.82, 2.24) is 9.97 Å². The van der Waals surface area contributed by atoms with E-state index in [-0.39, 0.29) is 0 Å². The molecule has 3 aromatic rings. The number of rotatable bonds is 3. The molecule has 2 heterocycles. The summed E-state index contributed by atoms with van der Waals surface area (Å²) in [5.41, 5.74) is 4.40. The fourth-order valence-electron chi connectivity index (χ4n) is 2.07. The maximum Gasteiger partial charge on any atom is 0.0888 e. The predicted octanol–water partition coefficient (Wildman–Crippen LogP) is 3.73. The Bertz CT molecular complexity index is 648. The number of hydrogen-bond acceptors (Lipinski definition) is 2. The zero-order valence-corrected chi connectivity index (χ0v) is 10.5. The molecule has 3 rings (SSSR count). The summed E-state index contributed by atoms with van der Waals surface area (Å²) in [5.74, 6) is 0. The Morgan fingerprint density at radius 3 is 2.21 bits per heavy atom. The highest BCUT2D eigenvalue weighted by atomic mass is 14.8. The van der Waals surface area contributed by atoms with E-state index in [9.17, 15) is 0 Å². The second-order valence-corrected chi connectivity index (χ2v) is 4.43. The summed E-state index contributed by atoms with van der Waals surface area (Å²) in [4.78, 5) is 8.72. The van der Waals surface area contributed by atoms with Crippen LogP contribution in [0.4, 0.5) is 0 Å². The van der Waals surface area contributed by atoms with Gasteiger partial charge in [0.05, 0.1) is 11.4 Å². The highest BCUT2D eigenvalue weighted by Crippen LogP contribution is 2.16. The third-order valence-electron chi connectivity index (χ3n) is 3.00. The summed E-state index contributed by atoms with van der Waals surface area (Å²) in [5, 5.41) is 0. The van der Waals surface area contributed by atoms with Crippen LogP contribution in [-0.4, -0.2) is 9.97 Å². The number of aromatic nitrogens is 2. The Morgan fingerprint density at radius 1 is 0.632 bits per heavy atom. The zero-order chi connectivity index (χ0) is 12.9. The fourth-order valence-corrected chi connectivity index (χ4v) is 2.07. The molecule has 0 aliphatic heterocycles. The van der Waals surface area contributed by atoms with E-state index in [1.807, 2.05) is 30.5 Å². The summed E-state index contributed by atoms with van der Waals surface area (Å²) < 4.78 is 0. The van der Waals surface area contributed by atoms with Crippen molar-refractivity contribution in [1.29, 1.82) is 0 Å². The fraction of sp³-hybridized carbons (Fsp3) is 0.0588. The molecule has 2 aromatic heterocycles. The van der Waals surface area contributed by atoms with Crippen LogP contribution in [0.15, 0.2) is 73.1 Å². The molecule has 0 saturated carbocycles. The van der Waals surface area contributed by atoms with Gasteiger partial charge in [0.1, 0.15) is 0 Å². The van der Waals surface area contributed by atoms with Gasteiger partial charge in [0, 0.05) is 12.4 Å². The second-order valence-electron chi connectivity index (χ2n) is 4.43. The van der Waals surface area contributed by atoms with Gasteiger partial charge in [-0.1, -0.05) is 36.4 Å². The van der Waals surface area contributed by atoms with E-state index in [2.05, 4.69) is 46.4 Å². The van der Waals surface area contributed by atoms with Gasteiger partial charge in [-0.25, -0.2) is 0 Å². The summed E-state index contributed by atoms with van der Waals surface area (Å²) in [6, 6.07) is 20.5. The van der Waals surface area contributed by atoms with Crippen LogP contribution < -0.4 is 0 Å². The molecule has 2 nitrogen and oxygen atoms in total. The van der Waals surface area contributed by atoms with Crippen molar-refractivity contribution in [2.45, 2.75) is 6.42 Å². The lowest BCUT2D eigenvalue weighted by molar-refractivity contribution is 1.15. The van der Waals surface area contributed by atoms with Crippen LogP contribution in [0.5, 0.6) is 0 Å². The average molecular weight is 246 g/mol. The summed E-state index contributed by atoms with van der Waals surface area (Å²) >= 11 is 0. The average Bonchev–Trinajstić information content (AvgIpc) is 2.49. The lowest BCUT2D eigenvalue weighted by Crippen LogP contribution is -1.92. The van der Waals surface area contributed by atoms with Crippen LogP contribution in [0.2, 0.25) is 0 Å². The second kappa shape index (κ2) is 5.44.